The van der Waals surface area contributed by atoms with Gasteiger partial charge in [-0.05, 0) is 36.3 Å². The Morgan fingerprint density at radius 3 is 2.52 bits per heavy atom. The molecule has 1 N–H and O–H groups in total. The molecule has 10 heteroatoms. The van der Waals surface area contributed by atoms with Crippen molar-refractivity contribution in [3.8, 4) is 0 Å². The standard InChI is InChI=1S/C19H15F3N2O5/c1-12-4-2-3-5-13(12)6-9-18(26)29-11-17(25)23-15-8-7-14(19(20,21)22)10-16(15)24(27)28/h2-10H,11H2,1H3,(H,23,25)/b9-6+. The lowest BCUT2D eigenvalue weighted by Gasteiger charge is -2.10. The number of nitro benzene ring substituents is 1. The van der Waals surface area contributed by atoms with Crippen molar-refractivity contribution in [3.05, 3.63) is 75.3 Å². The van der Waals surface area contributed by atoms with Crippen LogP contribution in [0.4, 0.5) is 24.5 Å². The van der Waals surface area contributed by atoms with Crippen molar-refractivity contribution < 1.29 is 32.4 Å². The molecule has 0 aliphatic heterocycles. The summed E-state index contributed by atoms with van der Waals surface area (Å²) in [6, 6.07) is 8.90. The van der Waals surface area contributed by atoms with E-state index in [0.29, 0.717) is 12.1 Å². The largest absolute Gasteiger partial charge is 0.452 e. The number of hydrogen-bond donors (Lipinski definition) is 1. The van der Waals surface area contributed by atoms with E-state index in [-0.39, 0.29) is 0 Å². The molecule has 0 saturated heterocycles. The maximum absolute atomic E-state index is 12.7. The monoisotopic (exact) mass is 408 g/mol. The first-order chi connectivity index (χ1) is 13.6. The first-order valence-electron chi connectivity index (χ1n) is 8.14. The minimum Gasteiger partial charge on any atom is -0.452 e. The number of anilines is 1. The Morgan fingerprint density at radius 2 is 1.90 bits per heavy atom. The Kier molecular flexibility index (Phi) is 6.71. The topological polar surface area (TPSA) is 98.5 Å². The molecule has 0 aliphatic rings. The maximum Gasteiger partial charge on any atom is 0.416 e. The van der Waals surface area contributed by atoms with Gasteiger partial charge >= 0.3 is 12.1 Å². The molecular formula is C19H15F3N2O5. The molecule has 29 heavy (non-hydrogen) atoms. The molecule has 0 saturated carbocycles. The number of nitrogens with zero attached hydrogens (tertiary/aromatic N) is 1. The van der Waals surface area contributed by atoms with Crippen molar-refractivity contribution in [2.45, 2.75) is 13.1 Å². The summed E-state index contributed by atoms with van der Waals surface area (Å²) in [7, 11) is 0. The van der Waals surface area contributed by atoms with Gasteiger partial charge in [0.05, 0.1) is 10.5 Å². The molecule has 0 spiro atoms. The molecule has 2 rings (SSSR count). The van der Waals surface area contributed by atoms with Crippen LogP contribution in [0.25, 0.3) is 6.08 Å². The van der Waals surface area contributed by atoms with Crippen LogP contribution in [0.15, 0.2) is 48.5 Å². The third-order valence-corrected chi connectivity index (χ3v) is 3.73. The summed E-state index contributed by atoms with van der Waals surface area (Å²) >= 11 is 0. The molecule has 0 fully saturated rings. The minimum absolute atomic E-state index is 0.312. The highest BCUT2D eigenvalue weighted by Crippen LogP contribution is 2.34. The number of nitrogens with one attached hydrogen (secondary N) is 1. The van der Waals surface area contributed by atoms with E-state index >= 15 is 0 Å². The first-order valence-corrected chi connectivity index (χ1v) is 8.14. The van der Waals surface area contributed by atoms with Crippen molar-refractivity contribution in [2.75, 3.05) is 11.9 Å². The van der Waals surface area contributed by atoms with Gasteiger partial charge in [-0.1, -0.05) is 24.3 Å². The highest BCUT2D eigenvalue weighted by atomic mass is 19.4. The highest BCUT2D eigenvalue weighted by Gasteiger charge is 2.33. The number of amides is 1. The van der Waals surface area contributed by atoms with E-state index < -0.39 is 46.5 Å². The van der Waals surface area contributed by atoms with Gasteiger partial charge in [0.2, 0.25) is 0 Å². The second kappa shape index (κ2) is 9.00. The van der Waals surface area contributed by atoms with Crippen molar-refractivity contribution >= 4 is 29.3 Å². The van der Waals surface area contributed by atoms with Gasteiger partial charge in [-0.2, -0.15) is 13.2 Å². The average Bonchev–Trinajstić information content (AvgIpc) is 2.65. The molecule has 7 nitrogen and oxygen atoms in total. The summed E-state index contributed by atoms with van der Waals surface area (Å²) in [5, 5.41) is 13.0. The maximum atomic E-state index is 12.7. The summed E-state index contributed by atoms with van der Waals surface area (Å²) in [6.45, 7) is 1.07. The molecule has 0 radical (unpaired) electrons. The van der Waals surface area contributed by atoms with Crippen LogP contribution in [0, 0.1) is 17.0 Å². The Morgan fingerprint density at radius 1 is 1.21 bits per heavy atom. The molecule has 2 aromatic rings. The summed E-state index contributed by atoms with van der Waals surface area (Å²) in [5.41, 5.74) is -0.911. The van der Waals surface area contributed by atoms with E-state index in [1.807, 2.05) is 19.1 Å². The number of esters is 1. The van der Waals surface area contributed by atoms with E-state index in [1.165, 1.54) is 6.08 Å². The quantitative estimate of drug-likeness (QED) is 0.336. The number of halogens is 3. The molecule has 152 valence electrons. The smallest absolute Gasteiger partial charge is 0.416 e. The van der Waals surface area contributed by atoms with E-state index in [1.54, 1.807) is 12.1 Å². The van der Waals surface area contributed by atoms with Crippen LogP contribution in [-0.4, -0.2) is 23.4 Å². The van der Waals surface area contributed by atoms with Gasteiger partial charge in [0.1, 0.15) is 5.69 Å². The Balaban J connectivity index is 1.99. The number of hydrogen-bond acceptors (Lipinski definition) is 5. The Hall–Kier alpha value is -3.69. The predicted octanol–water partition coefficient (Wildman–Crippen LogP) is 4.12. The van der Waals surface area contributed by atoms with Gasteiger partial charge in [0, 0.05) is 12.1 Å². The normalized spacial score (nSPS) is 11.3. The summed E-state index contributed by atoms with van der Waals surface area (Å²) in [4.78, 5) is 33.5. The third kappa shape index (κ3) is 6.16. The summed E-state index contributed by atoms with van der Waals surface area (Å²) in [6.07, 6.45) is -2.17. The second-order valence-corrected chi connectivity index (χ2v) is 5.83. The minimum atomic E-state index is -4.77. The SMILES string of the molecule is Cc1ccccc1/C=C/C(=O)OCC(=O)Nc1ccc(C(F)(F)F)cc1[N+](=O)[O-]. The zero-order valence-electron chi connectivity index (χ0n) is 15.0. The number of ether oxygens (including phenoxy) is 1. The molecule has 0 atom stereocenters. The van der Waals surface area contributed by atoms with Crippen LogP contribution in [0.1, 0.15) is 16.7 Å². The van der Waals surface area contributed by atoms with Gasteiger partial charge in [-0.15, -0.1) is 0 Å². The van der Waals surface area contributed by atoms with Gasteiger partial charge in [0.15, 0.2) is 6.61 Å². The van der Waals surface area contributed by atoms with Crippen LogP contribution in [0.3, 0.4) is 0 Å². The molecule has 0 aliphatic carbocycles. The lowest BCUT2D eigenvalue weighted by Crippen LogP contribution is -2.21. The highest BCUT2D eigenvalue weighted by molar-refractivity contribution is 5.96. The van der Waals surface area contributed by atoms with Crippen LogP contribution in [0.5, 0.6) is 0 Å². The van der Waals surface area contributed by atoms with Crippen LogP contribution < -0.4 is 5.32 Å². The van der Waals surface area contributed by atoms with Gasteiger partial charge < -0.3 is 10.1 Å². The third-order valence-electron chi connectivity index (χ3n) is 3.73. The Labute approximate surface area is 162 Å². The van der Waals surface area contributed by atoms with E-state index in [9.17, 15) is 32.9 Å². The average molecular weight is 408 g/mol. The number of nitro groups is 1. The number of alkyl halides is 3. The number of carbonyl (C=O) groups is 2. The van der Waals surface area contributed by atoms with Crippen LogP contribution >= 0.6 is 0 Å². The van der Waals surface area contributed by atoms with Crippen molar-refractivity contribution in [3.63, 3.8) is 0 Å². The molecule has 0 bridgehead atoms. The van der Waals surface area contributed by atoms with E-state index in [2.05, 4.69) is 5.32 Å². The number of aryl methyl sites for hydroxylation is 1. The lowest BCUT2D eigenvalue weighted by molar-refractivity contribution is -0.384. The van der Waals surface area contributed by atoms with E-state index in [4.69, 9.17) is 4.74 Å². The predicted molar refractivity (Wildman–Crippen MR) is 97.9 cm³/mol. The fraction of sp³-hybridized carbons (Fsp3) is 0.158. The molecular weight excluding hydrogens is 393 g/mol. The Bertz CT molecular complexity index is 971. The number of benzene rings is 2. The molecule has 0 unspecified atom stereocenters. The first kappa shape index (κ1) is 21.6. The summed E-state index contributed by atoms with van der Waals surface area (Å²) in [5.74, 6) is -1.77. The second-order valence-electron chi connectivity index (χ2n) is 5.83. The summed E-state index contributed by atoms with van der Waals surface area (Å²) < 4.78 is 42.8. The molecule has 0 heterocycles. The molecule has 2 aromatic carbocycles. The fourth-order valence-corrected chi connectivity index (χ4v) is 2.27. The number of rotatable bonds is 6. The van der Waals surface area contributed by atoms with Crippen LogP contribution in [0.2, 0.25) is 0 Å². The van der Waals surface area contributed by atoms with Gasteiger partial charge in [-0.3, -0.25) is 14.9 Å². The van der Waals surface area contributed by atoms with Gasteiger partial charge in [0.25, 0.3) is 11.6 Å². The van der Waals surface area contributed by atoms with Crippen molar-refractivity contribution in [1.82, 2.24) is 0 Å². The van der Waals surface area contributed by atoms with E-state index in [0.717, 1.165) is 23.3 Å². The number of carbonyl (C=O) groups excluding carboxylic acids is 2. The van der Waals surface area contributed by atoms with Crippen molar-refractivity contribution in [1.29, 1.82) is 0 Å². The van der Waals surface area contributed by atoms with Crippen LogP contribution in [-0.2, 0) is 20.5 Å². The lowest BCUT2D eigenvalue weighted by atomic mass is 10.1. The molecule has 0 aromatic heterocycles. The van der Waals surface area contributed by atoms with Crippen molar-refractivity contribution in [2.24, 2.45) is 0 Å². The molecule has 1 amide bonds. The fourth-order valence-electron chi connectivity index (χ4n) is 2.27. The zero-order valence-corrected chi connectivity index (χ0v) is 15.0. The zero-order chi connectivity index (χ0) is 21.6. The van der Waals surface area contributed by atoms with Gasteiger partial charge in [-0.25, -0.2) is 4.79 Å².